The van der Waals surface area contributed by atoms with E-state index in [4.69, 9.17) is 9.72 Å². The number of hydrogen-bond acceptors (Lipinski definition) is 6. The molecule has 30 heavy (non-hydrogen) atoms. The third kappa shape index (κ3) is 3.87. The van der Waals surface area contributed by atoms with Gasteiger partial charge in [-0.3, -0.25) is 10.0 Å². The fraction of sp³-hybridized carbons (Fsp3) is 0.348. The third-order valence-electron chi connectivity index (χ3n) is 5.02. The van der Waals surface area contributed by atoms with Crippen LogP contribution < -0.4 is 10.0 Å². The SMILES string of the molecule is CCOC(=O)c1cnn2ccc(N3CCCN3c3ccccc3/C=C/C(C)C)nc12. The Morgan fingerprint density at radius 3 is 2.80 bits per heavy atom. The van der Waals surface area contributed by atoms with E-state index in [0.717, 1.165) is 31.0 Å². The summed E-state index contributed by atoms with van der Waals surface area (Å²) in [6.45, 7) is 8.21. The van der Waals surface area contributed by atoms with Gasteiger partial charge in [0.1, 0.15) is 5.56 Å². The molecule has 7 nitrogen and oxygen atoms in total. The number of allylic oxidation sites excluding steroid dienone is 1. The van der Waals surface area contributed by atoms with Crippen molar-refractivity contribution in [2.24, 2.45) is 5.92 Å². The van der Waals surface area contributed by atoms with Crippen molar-refractivity contribution < 1.29 is 9.53 Å². The molecule has 1 aromatic carbocycles. The summed E-state index contributed by atoms with van der Waals surface area (Å²) in [5.41, 5.74) is 3.21. The highest BCUT2D eigenvalue weighted by molar-refractivity contribution is 5.95. The number of aromatic nitrogens is 3. The molecule has 1 fully saturated rings. The lowest BCUT2D eigenvalue weighted by Crippen LogP contribution is -2.37. The summed E-state index contributed by atoms with van der Waals surface area (Å²) in [6, 6.07) is 10.3. The van der Waals surface area contributed by atoms with Crippen LogP contribution in [0.25, 0.3) is 11.7 Å². The molecule has 7 heteroatoms. The van der Waals surface area contributed by atoms with E-state index in [2.05, 4.69) is 65.4 Å². The predicted octanol–water partition coefficient (Wildman–Crippen LogP) is 4.21. The Morgan fingerprint density at radius 1 is 1.20 bits per heavy atom. The number of hydrogen-bond donors (Lipinski definition) is 0. The fourth-order valence-electron chi connectivity index (χ4n) is 3.62. The van der Waals surface area contributed by atoms with Crippen molar-refractivity contribution in [1.29, 1.82) is 0 Å². The van der Waals surface area contributed by atoms with Gasteiger partial charge in [-0.05, 0) is 30.9 Å². The van der Waals surface area contributed by atoms with E-state index in [1.165, 1.54) is 11.8 Å². The van der Waals surface area contributed by atoms with E-state index in [1.54, 1.807) is 11.4 Å². The molecule has 0 amide bonds. The minimum Gasteiger partial charge on any atom is -0.462 e. The molecule has 0 N–H and O–H groups in total. The highest BCUT2D eigenvalue weighted by Crippen LogP contribution is 2.30. The number of rotatable bonds is 6. The normalized spacial score (nSPS) is 14.4. The molecule has 3 heterocycles. The number of para-hydroxylation sites is 1. The smallest absolute Gasteiger partial charge is 0.343 e. The molecule has 0 atom stereocenters. The number of esters is 1. The molecule has 0 saturated carbocycles. The summed E-state index contributed by atoms with van der Waals surface area (Å²) in [4.78, 5) is 17.0. The van der Waals surface area contributed by atoms with E-state index in [0.29, 0.717) is 23.7 Å². The minimum atomic E-state index is -0.403. The van der Waals surface area contributed by atoms with Gasteiger partial charge >= 0.3 is 5.97 Å². The largest absolute Gasteiger partial charge is 0.462 e. The molecule has 1 aliphatic heterocycles. The van der Waals surface area contributed by atoms with Crippen molar-refractivity contribution in [1.82, 2.24) is 14.6 Å². The Hall–Kier alpha value is -3.35. The van der Waals surface area contributed by atoms with Gasteiger partial charge in [-0.2, -0.15) is 5.10 Å². The summed E-state index contributed by atoms with van der Waals surface area (Å²) < 4.78 is 6.75. The number of anilines is 2. The van der Waals surface area contributed by atoms with E-state index in [9.17, 15) is 4.79 Å². The minimum absolute atomic E-state index is 0.316. The second-order valence-electron chi connectivity index (χ2n) is 7.59. The summed E-state index contributed by atoms with van der Waals surface area (Å²) in [7, 11) is 0. The summed E-state index contributed by atoms with van der Waals surface area (Å²) in [5.74, 6) is 0.869. The van der Waals surface area contributed by atoms with E-state index >= 15 is 0 Å². The number of nitrogens with zero attached hydrogens (tertiary/aromatic N) is 5. The van der Waals surface area contributed by atoms with Gasteiger partial charge in [-0.1, -0.05) is 44.2 Å². The molecular weight excluding hydrogens is 378 g/mol. The third-order valence-corrected chi connectivity index (χ3v) is 5.02. The maximum absolute atomic E-state index is 12.3. The number of benzene rings is 1. The van der Waals surface area contributed by atoms with Crippen LogP contribution in [0.3, 0.4) is 0 Å². The van der Waals surface area contributed by atoms with Gasteiger partial charge < -0.3 is 4.74 Å². The van der Waals surface area contributed by atoms with Crippen molar-refractivity contribution in [3.05, 3.63) is 59.9 Å². The monoisotopic (exact) mass is 405 g/mol. The molecule has 2 aromatic heterocycles. The molecule has 156 valence electrons. The topological polar surface area (TPSA) is 63.0 Å². The zero-order valence-electron chi connectivity index (χ0n) is 17.7. The first-order valence-electron chi connectivity index (χ1n) is 10.4. The maximum Gasteiger partial charge on any atom is 0.343 e. The molecule has 4 rings (SSSR count). The Morgan fingerprint density at radius 2 is 2.00 bits per heavy atom. The highest BCUT2D eigenvalue weighted by Gasteiger charge is 2.26. The Kier molecular flexibility index (Phi) is 5.70. The van der Waals surface area contributed by atoms with E-state index in [1.807, 2.05) is 12.3 Å². The van der Waals surface area contributed by atoms with Crippen molar-refractivity contribution in [2.45, 2.75) is 27.2 Å². The van der Waals surface area contributed by atoms with Crippen molar-refractivity contribution >= 4 is 29.2 Å². The van der Waals surface area contributed by atoms with Gasteiger partial charge in [0.25, 0.3) is 0 Å². The average Bonchev–Trinajstić information content (AvgIpc) is 3.39. The van der Waals surface area contributed by atoms with Crippen LogP contribution in [0.2, 0.25) is 0 Å². The van der Waals surface area contributed by atoms with Gasteiger partial charge in [0.15, 0.2) is 11.5 Å². The van der Waals surface area contributed by atoms with Crippen LogP contribution in [0.4, 0.5) is 11.5 Å². The molecule has 1 saturated heterocycles. The van der Waals surface area contributed by atoms with E-state index in [-0.39, 0.29) is 0 Å². The molecule has 3 aromatic rings. The Labute approximate surface area is 176 Å². The molecule has 1 aliphatic rings. The first kappa shape index (κ1) is 19.9. The van der Waals surface area contributed by atoms with Crippen molar-refractivity contribution in [3.8, 4) is 0 Å². The summed E-state index contributed by atoms with van der Waals surface area (Å²) in [6.07, 6.45) is 8.77. The van der Waals surface area contributed by atoms with Crippen LogP contribution in [-0.2, 0) is 4.74 Å². The summed E-state index contributed by atoms with van der Waals surface area (Å²) in [5, 5.41) is 8.67. The molecular formula is C23H27N5O2. The molecule has 0 unspecified atom stereocenters. The number of ether oxygens (including phenoxy) is 1. The van der Waals surface area contributed by atoms with Crippen LogP contribution in [-0.4, -0.2) is 40.3 Å². The molecule has 0 bridgehead atoms. The first-order chi connectivity index (χ1) is 14.6. The fourth-order valence-corrected chi connectivity index (χ4v) is 3.62. The van der Waals surface area contributed by atoms with Crippen molar-refractivity contribution in [2.75, 3.05) is 29.7 Å². The standard InChI is InChI=1S/C23H27N5O2/c1-4-30-23(29)19-16-24-26-15-12-21(25-22(19)26)28-14-7-13-27(28)20-9-6-5-8-18(20)11-10-17(2)3/h5-6,8-12,15-17H,4,7,13-14H2,1-3H3/b11-10+. The molecule has 0 spiro atoms. The van der Waals surface area contributed by atoms with Crippen LogP contribution in [0, 0.1) is 5.92 Å². The van der Waals surface area contributed by atoms with E-state index < -0.39 is 5.97 Å². The summed E-state index contributed by atoms with van der Waals surface area (Å²) >= 11 is 0. The molecule has 0 radical (unpaired) electrons. The van der Waals surface area contributed by atoms with Gasteiger partial charge in [0.05, 0.1) is 18.5 Å². The quantitative estimate of drug-likeness (QED) is 0.573. The van der Waals surface area contributed by atoms with Crippen LogP contribution in [0.15, 0.2) is 48.8 Å². The predicted molar refractivity (Wildman–Crippen MR) is 119 cm³/mol. The van der Waals surface area contributed by atoms with Gasteiger partial charge in [0.2, 0.25) is 0 Å². The van der Waals surface area contributed by atoms with Crippen LogP contribution in [0.5, 0.6) is 0 Å². The number of fused-ring (bicyclic) bond motifs is 1. The van der Waals surface area contributed by atoms with Crippen LogP contribution in [0.1, 0.15) is 43.1 Å². The number of hydrazine groups is 1. The lowest BCUT2D eigenvalue weighted by atomic mass is 10.1. The second-order valence-corrected chi connectivity index (χ2v) is 7.59. The average molecular weight is 406 g/mol. The van der Waals surface area contributed by atoms with Crippen LogP contribution >= 0.6 is 0 Å². The molecule has 0 aliphatic carbocycles. The lowest BCUT2D eigenvalue weighted by Gasteiger charge is -2.31. The lowest BCUT2D eigenvalue weighted by molar-refractivity contribution is 0.0528. The Bertz CT molecular complexity index is 1070. The van der Waals surface area contributed by atoms with Gasteiger partial charge in [-0.15, -0.1) is 0 Å². The van der Waals surface area contributed by atoms with Crippen molar-refractivity contribution in [3.63, 3.8) is 0 Å². The number of carbonyl (C=O) groups excluding carboxylic acids is 1. The first-order valence-corrected chi connectivity index (χ1v) is 10.4. The number of carbonyl (C=O) groups is 1. The highest BCUT2D eigenvalue weighted by atomic mass is 16.5. The zero-order chi connectivity index (χ0) is 21.1. The van der Waals surface area contributed by atoms with Gasteiger partial charge in [0, 0.05) is 25.4 Å². The second kappa shape index (κ2) is 8.57. The maximum atomic E-state index is 12.3. The van der Waals surface area contributed by atoms with Gasteiger partial charge in [-0.25, -0.2) is 14.3 Å². The zero-order valence-corrected chi connectivity index (χ0v) is 17.7. The Balaban J connectivity index is 1.70.